The molecule has 0 aliphatic rings. The average Bonchev–Trinajstić information content (AvgIpc) is 2.58. The summed E-state index contributed by atoms with van der Waals surface area (Å²) < 4.78 is 27.9. The summed E-state index contributed by atoms with van der Waals surface area (Å²) in [6.45, 7) is 3.47. The van der Waals surface area contributed by atoms with Crippen LogP contribution in [0.1, 0.15) is 30.6 Å². The predicted molar refractivity (Wildman–Crippen MR) is 101 cm³/mol. The molecule has 2 amide bonds. The fourth-order valence-electron chi connectivity index (χ4n) is 2.05. The van der Waals surface area contributed by atoms with Gasteiger partial charge in [0.25, 0.3) is 11.8 Å². The molecule has 0 radical (unpaired) electrons. The maximum Gasteiger partial charge on any atom is 0.329 e. The van der Waals surface area contributed by atoms with Crippen LogP contribution in [-0.2, 0) is 24.2 Å². The number of hydrogen-bond donors (Lipinski definition) is 2. The summed E-state index contributed by atoms with van der Waals surface area (Å²) in [5, 5.41) is 5.39. The highest BCUT2D eigenvalue weighted by atomic mass is 35.5. The number of likely N-dealkylation sites (N-methyl/N-ethyl adjacent to an activating group) is 1. The molecule has 0 heterocycles. The highest BCUT2D eigenvalue weighted by Gasteiger charge is 2.27. The van der Waals surface area contributed by atoms with Crippen molar-refractivity contribution in [2.75, 3.05) is 18.6 Å². The number of amides is 2. The lowest BCUT2D eigenvalue weighted by atomic mass is 10.1. The summed E-state index contributed by atoms with van der Waals surface area (Å²) in [4.78, 5) is 36.4. The third-order valence-corrected chi connectivity index (χ3v) is 4.72. The third kappa shape index (κ3) is 8.40. The predicted octanol–water partition coefficient (Wildman–Crippen LogP) is 0.941. The van der Waals surface area contributed by atoms with Gasteiger partial charge in [0.1, 0.15) is 15.9 Å². The van der Waals surface area contributed by atoms with E-state index in [2.05, 4.69) is 10.6 Å². The van der Waals surface area contributed by atoms with Gasteiger partial charge in [-0.15, -0.1) is 0 Å². The Balaban J connectivity index is 2.88. The summed E-state index contributed by atoms with van der Waals surface area (Å²) in [6.07, 6.45) is -0.238. The van der Waals surface area contributed by atoms with Crippen LogP contribution >= 0.6 is 11.6 Å². The van der Waals surface area contributed by atoms with Crippen LogP contribution in [-0.4, -0.2) is 56.9 Å². The lowest BCUT2D eigenvalue weighted by Crippen LogP contribution is -2.45. The van der Waals surface area contributed by atoms with E-state index in [0.717, 1.165) is 6.26 Å². The van der Waals surface area contributed by atoms with Gasteiger partial charge in [0.05, 0.1) is 5.75 Å². The van der Waals surface area contributed by atoms with E-state index in [1.165, 1.54) is 31.2 Å². The van der Waals surface area contributed by atoms with E-state index in [-0.39, 0.29) is 17.7 Å². The molecule has 150 valence electrons. The normalized spacial score (nSPS) is 13.3. The zero-order chi connectivity index (χ0) is 20.6. The molecule has 0 fully saturated rings. The monoisotopic (exact) mass is 418 g/mol. The number of halogens is 1. The number of hydrogen-bond acceptors (Lipinski definition) is 6. The van der Waals surface area contributed by atoms with Crippen LogP contribution in [0, 0.1) is 0 Å². The van der Waals surface area contributed by atoms with Gasteiger partial charge in [-0.25, -0.2) is 13.2 Å². The van der Waals surface area contributed by atoms with Crippen LogP contribution in [0.2, 0.25) is 5.02 Å². The molecular weight excluding hydrogens is 396 g/mol. The minimum Gasteiger partial charge on any atom is -0.451 e. The number of sulfone groups is 1. The van der Waals surface area contributed by atoms with Crippen molar-refractivity contribution < 1.29 is 27.5 Å². The van der Waals surface area contributed by atoms with Gasteiger partial charge in [0.15, 0.2) is 6.10 Å². The fraction of sp³-hybridized carbons (Fsp3) is 0.471. The van der Waals surface area contributed by atoms with Gasteiger partial charge in [0, 0.05) is 23.4 Å². The molecule has 1 aromatic rings. The second kappa shape index (κ2) is 10.3. The van der Waals surface area contributed by atoms with Gasteiger partial charge in [-0.2, -0.15) is 0 Å². The minimum absolute atomic E-state index is 0.181. The van der Waals surface area contributed by atoms with Crippen molar-refractivity contribution in [3.05, 3.63) is 34.9 Å². The van der Waals surface area contributed by atoms with E-state index in [1.54, 1.807) is 6.92 Å². The summed E-state index contributed by atoms with van der Waals surface area (Å²) in [6, 6.07) is 4.73. The second-order valence-electron chi connectivity index (χ2n) is 5.93. The molecule has 0 aromatic heterocycles. The molecule has 0 unspecified atom stereocenters. The molecule has 2 N–H and O–H groups in total. The lowest BCUT2D eigenvalue weighted by Gasteiger charge is -2.20. The van der Waals surface area contributed by atoms with E-state index in [9.17, 15) is 22.8 Å². The first-order chi connectivity index (χ1) is 12.5. The summed E-state index contributed by atoms with van der Waals surface area (Å²) in [5.41, 5.74) is 0.244. The van der Waals surface area contributed by atoms with Crippen molar-refractivity contribution in [1.29, 1.82) is 0 Å². The van der Waals surface area contributed by atoms with Gasteiger partial charge >= 0.3 is 5.97 Å². The molecule has 10 heteroatoms. The minimum atomic E-state index is -3.37. The Morgan fingerprint density at radius 1 is 1.19 bits per heavy atom. The van der Waals surface area contributed by atoms with Crippen molar-refractivity contribution in [3.63, 3.8) is 0 Å². The van der Waals surface area contributed by atoms with Crippen LogP contribution in [0.3, 0.4) is 0 Å². The third-order valence-electron chi connectivity index (χ3n) is 3.49. The molecule has 0 bridgehead atoms. The van der Waals surface area contributed by atoms with E-state index in [0.29, 0.717) is 11.6 Å². The van der Waals surface area contributed by atoms with Crippen molar-refractivity contribution in [3.8, 4) is 0 Å². The highest BCUT2D eigenvalue weighted by Crippen LogP contribution is 2.10. The van der Waals surface area contributed by atoms with Crippen molar-refractivity contribution in [2.24, 2.45) is 0 Å². The molecule has 0 aliphatic heterocycles. The molecule has 0 saturated heterocycles. The van der Waals surface area contributed by atoms with E-state index in [4.69, 9.17) is 16.3 Å². The maximum atomic E-state index is 12.4. The molecule has 27 heavy (non-hydrogen) atoms. The Labute approximate surface area is 163 Å². The summed E-state index contributed by atoms with van der Waals surface area (Å²) >= 11 is 5.77. The number of carbonyl (C=O) groups is 3. The standard InChI is InChI=1S/C17H23ClN2O6S/c1-4-19-15(21)11(2)26-17(23)14(9-10-27(3,24)25)20-16(22)12-5-7-13(18)8-6-12/h5-8,11,14H,4,9-10H2,1-3H3,(H,19,21)(H,20,22)/t11-,14-/m0/s1. The van der Waals surface area contributed by atoms with Gasteiger partial charge in [-0.1, -0.05) is 11.6 Å². The van der Waals surface area contributed by atoms with Crippen LogP contribution < -0.4 is 10.6 Å². The average molecular weight is 419 g/mol. The first-order valence-corrected chi connectivity index (χ1v) is 10.7. The lowest BCUT2D eigenvalue weighted by molar-refractivity contribution is -0.156. The first kappa shape index (κ1) is 22.9. The van der Waals surface area contributed by atoms with Crippen LogP contribution in [0.25, 0.3) is 0 Å². The molecule has 2 atom stereocenters. The number of benzene rings is 1. The van der Waals surface area contributed by atoms with Gasteiger partial charge < -0.3 is 15.4 Å². The Morgan fingerprint density at radius 2 is 1.78 bits per heavy atom. The van der Waals surface area contributed by atoms with Crippen LogP contribution in [0.4, 0.5) is 0 Å². The molecule has 0 saturated carbocycles. The number of carbonyl (C=O) groups excluding carboxylic acids is 3. The number of esters is 1. The Kier molecular flexibility index (Phi) is 8.71. The van der Waals surface area contributed by atoms with Gasteiger partial charge in [-0.05, 0) is 44.5 Å². The van der Waals surface area contributed by atoms with Crippen LogP contribution in [0.5, 0.6) is 0 Å². The molecule has 1 aromatic carbocycles. The zero-order valence-corrected chi connectivity index (χ0v) is 16.9. The quantitative estimate of drug-likeness (QED) is 0.576. The van der Waals surface area contributed by atoms with E-state index >= 15 is 0 Å². The largest absolute Gasteiger partial charge is 0.451 e. The van der Waals surface area contributed by atoms with Crippen LogP contribution in [0.15, 0.2) is 24.3 Å². The summed E-state index contributed by atoms with van der Waals surface area (Å²) in [5.74, 6) is -2.30. The Hall–Kier alpha value is -2.13. The Bertz CT molecular complexity index is 779. The van der Waals surface area contributed by atoms with Crippen molar-refractivity contribution >= 4 is 39.2 Å². The summed E-state index contributed by atoms with van der Waals surface area (Å²) in [7, 11) is -3.37. The van der Waals surface area contributed by atoms with E-state index in [1.807, 2.05) is 0 Å². The molecule has 8 nitrogen and oxygen atoms in total. The smallest absolute Gasteiger partial charge is 0.329 e. The zero-order valence-electron chi connectivity index (χ0n) is 15.3. The number of ether oxygens (including phenoxy) is 1. The molecular formula is C17H23ClN2O6S. The molecule has 0 spiro atoms. The molecule has 0 aliphatic carbocycles. The van der Waals surface area contributed by atoms with Gasteiger partial charge in [-0.3, -0.25) is 9.59 Å². The van der Waals surface area contributed by atoms with Crippen molar-refractivity contribution in [2.45, 2.75) is 32.4 Å². The SMILES string of the molecule is CCNC(=O)[C@H](C)OC(=O)[C@H](CCS(C)(=O)=O)NC(=O)c1ccc(Cl)cc1. The second-order valence-corrected chi connectivity index (χ2v) is 8.62. The highest BCUT2D eigenvalue weighted by molar-refractivity contribution is 7.90. The van der Waals surface area contributed by atoms with E-state index < -0.39 is 39.8 Å². The van der Waals surface area contributed by atoms with Gasteiger partial charge in [0.2, 0.25) is 0 Å². The first-order valence-electron chi connectivity index (χ1n) is 8.26. The fourth-order valence-corrected chi connectivity index (χ4v) is 2.84. The maximum absolute atomic E-state index is 12.4. The Morgan fingerprint density at radius 3 is 2.30 bits per heavy atom. The molecule has 1 rings (SSSR count). The topological polar surface area (TPSA) is 119 Å². The van der Waals surface area contributed by atoms with Crippen molar-refractivity contribution in [1.82, 2.24) is 10.6 Å². The number of rotatable bonds is 9. The number of nitrogens with one attached hydrogen (secondary N) is 2.